The molecule has 0 radical (unpaired) electrons. The average Bonchev–Trinajstić information content (AvgIpc) is 2.99. The molecule has 2 heterocycles. The highest BCUT2D eigenvalue weighted by Crippen LogP contribution is 2.15. The Bertz CT molecular complexity index is 368. The first kappa shape index (κ1) is 13.3. The maximum absolute atomic E-state index is 11.6. The van der Waals surface area contributed by atoms with Crippen molar-refractivity contribution in [3.8, 4) is 0 Å². The normalized spacial score (nSPS) is 19.9. The maximum Gasteiger partial charge on any atom is 0.321 e. The molecular formula is C12H20N4OS. The van der Waals surface area contributed by atoms with Gasteiger partial charge in [0, 0.05) is 24.7 Å². The minimum Gasteiger partial charge on any atom is -0.337 e. The van der Waals surface area contributed by atoms with E-state index in [0.29, 0.717) is 11.0 Å². The Balaban J connectivity index is 1.64. The summed E-state index contributed by atoms with van der Waals surface area (Å²) >= 11 is 1.43. The lowest BCUT2D eigenvalue weighted by Gasteiger charge is -2.15. The van der Waals surface area contributed by atoms with Crippen LogP contribution >= 0.6 is 11.3 Å². The molecule has 0 aliphatic carbocycles. The molecule has 5 nitrogen and oxygen atoms in total. The lowest BCUT2D eigenvalue weighted by atomic mass is 10.1. The fourth-order valence-corrected chi connectivity index (χ4v) is 2.79. The van der Waals surface area contributed by atoms with Gasteiger partial charge in [-0.1, -0.05) is 6.92 Å². The Hall–Kier alpha value is -1.14. The van der Waals surface area contributed by atoms with Crippen molar-refractivity contribution < 1.29 is 4.79 Å². The highest BCUT2D eigenvalue weighted by molar-refractivity contribution is 7.13. The van der Waals surface area contributed by atoms with Gasteiger partial charge in [-0.05, 0) is 31.8 Å². The first-order valence-electron chi connectivity index (χ1n) is 6.44. The number of nitrogens with one attached hydrogen (secondary N) is 2. The van der Waals surface area contributed by atoms with E-state index in [1.165, 1.54) is 30.7 Å². The topological polar surface area (TPSA) is 57.3 Å². The highest BCUT2D eigenvalue weighted by Gasteiger charge is 2.21. The molecule has 1 atom stereocenters. The van der Waals surface area contributed by atoms with Gasteiger partial charge in [-0.25, -0.2) is 9.78 Å². The molecule has 1 saturated heterocycles. The van der Waals surface area contributed by atoms with Gasteiger partial charge in [0.05, 0.1) is 0 Å². The number of rotatable bonds is 5. The van der Waals surface area contributed by atoms with E-state index in [-0.39, 0.29) is 6.03 Å². The summed E-state index contributed by atoms with van der Waals surface area (Å²) in [6.07, 6.45) is 4.06. The summed E-state index contributed by atoms with van der Waals surface area (Å²) in [5.74, 6) is 0.582. The van der Waals surface area contributed by atoms with Crippen molar-refractivity contribution >= 4 is 22.5 Å². The number of nitrogens with zero attached hydrogens (tertiary/aromatic N) is 2. The van der Waals surface area contributed by atoms with E-state index in [4.69, 9.17) is 0 Å². The molecule has 1 unspecified atom stereocenters. The van der Waals surface area contributed by atoms with Crippen molar-refractivity contribution in [2.24, 2.45) is 5.92 Å². The molecule has 2 rings (SSSR count). The molecule has 6 heteroatoms. The quantitative estimate of drug-likeness (QED) is 0.858. The number of urea groups is 1. The van der Waals surface area contributed by atoms with Crippen LogP contribution in [-0.2, 0) is 0 Å². The van der Waals surface area contributed by atoms with Crippen LogP contribution in [-0.4, -0.2) is 42.1 Å². The predicted molar refractivity (Wildman–Crippen MR) is 74.0 cm³/mol. The summed E-state index contributed by atoms with van der Waals surface area (Å²) in [6, 6.07) is -0.154. The molecule has 1 aromatic rings. The van der Waals surface area contributed by atoms with Gasteiger partial charge in [0.15, 0.2) is 5.13 Å². The Morgan fingerprint density at radius 3 is 3.28 bits per heavy atom. The second-order valence-electron chi connectivity index (χ2n) is 4.63. The Morgan fingerprint density at radius 2 is 2.56 bits per heavy atom. The lowest BCUT2D eigenvalue weighted by molar-refractivity contribution is 0.249. The highest BCUT2D eigenvalue weighted by atomic mass is 32.1. The molecule has 1 aromatic heterocycles. The predicted octanol–water partition coefficient (Wildman–Crippen LogP) is 2.00. The number of hydrogen-bond acceptors (Lipinski definition) is 4. The van der Waals surface area contributed by atoms with Crippen molar-refractivity contribution in [2.75, 3.05) is 31.5 Å². The number of aromatic nitrogens is 1. The zero-order chi connectivity index (χ0) is 12.8. The van der Waals surface area contributed by atoms with E-state index in [0.717, 1.165) is 19.6 Å². The van der Waals surface area contributed by atoms with Crippen LogP contribution in [0, 0.1) is 5.92 Å². The summed E-state index contributed by atoms with van der Waals surface area (Å²) < 4.78 is 0. The van der Waals surface area contributed by atoms with Crippen LogP contribution < -0.4 is 10.6 Å². The number of carbonyl (C=O) groups is 1. The summed E-state index contributed by atoms with van der Waals surface area (Å²) in [5.41, 5.74) is 0. The van der Waals surface area contributed by atoms with Crippen LogP contribution in [0.2, 0.25) is 0 Å². The van der Waals surface area contributed by atoms with E-state index in [1.54, 1.807) is 6.20 Å². The van der Waals surface area contributed by atoms with Crippen molar-refractivity contribution in [1.29, 1.82) is 0 Å². The van der Waals surface area contributed by atoms with E-state index >= 15 is 0 Å². The molecule has 0 saturated carbocycles. The molecule has 1 fully saturated rings. The Morgan fingerprint density at radius 1 is 1.67 bits per heavy atom. The first-order valence-corrected chi connectivity index (χ1v) is 7.32. The number of amides is 2. The molecule has 1 aliphatic rings. The minimum atomic E-state index is -0.154. The number of anilines is 1. The molecule has 2 amide bonds. The van der Waals surface area contributed by atoms with E-state index < -0.39 is 0 Å². The van der Waals surface area contributed by atoms with E-state index in [2.05, 4.69) is 27.4 Å². The second kappa shape index (κ2) is 6.70. The summed E-state index contributed by atoms with van der Waals surface area (Å²) in [7, 11) is 0. The van der Waals surface area contributed by atoms with Crippen LogP contribution in [0.4, 0.5) is 9.93 Å². The minimum absolute atomic E-state index is 0.154. The van der Waals surface area contributed by atoms with Crippen LogP contribution in [0.5, 0.6) is 0 Å². The van der Waals surface area contributed by atoms with Gasteiger partial charge in [0.2, 0.25) is 0 Å². The average molecular weight is 268 g/mol. The molecule has 0 bridgehead atoms. The fourth-order valence-electron chi connectivity index (χ4n) is 2.26. The Kier molecular flexibility index (Phi) is 4.95. The van der Waals surface area contributed by atoms with Gasteiger partial charge in [-0.15, -0.1) is 11.3 Å². The van der Waals surface area contributed by atoms with E-state index in [1.807, 2.05) is 5.38 Å². The van der Waals surface area contributed by atoms with Crippen LogP contribution in [0.15, 0.2) is 11.6 Å². The standard InChI is InChI=1S/C12H20N4OS/c1-2-5-16-6-3-10(9-16)8-14-11(17)15-12-13-4-7-18-12/h4,7,10H,2-3,5-6,8-9H2,1H3,(H2,13,14,15,17). The monoisotopic (exact) mass is 268 g/mol. The van der Waals surface area contributed by atoms with Crippen molar-refractivity contribution in [1.82, 2.24) is 15.2 Å². The summed E-state index contributed by atoms with van der Waals surface area (Å²) in [5, 5.41) is 8.13. The van der Waals surface area contributed by atoms with Crippen LogP contribution in [0.25, 0.3) is 0 Å². The largest absolute Gasteiger partial charge is 0.337 e. The first-order chi connectivity index (χ1) is 8.78. The van der Waals surface area contributed by atoms with E-state index in [9.17, 15) is 4.79 Å². The molecule has 100 valence electrons. The third-order valence-electron chi connectivity index (χ3n) is 3.11. The second-order valence-corrected chi connectivity index (χ2v) is 5.52. The smallest absolute Gasteiger partial charge is 0.321 e. The van der Waals surface area contributed by atoms with Gasteiger partial charge in [-0.2, -0.15) is 0 Å². The Labute approximate surface area is 112 Å². The summed E-state index contributed by atoms with van der Waals surface area (Å²) in [4.78, 5) is 18.1. The van der Waals surface area contributed by atoms with Gasteiger partial charge < -0.3 is 10.2 Å². The third kappa shape index (κ3) is 3.96. The molecular weight excluding hydrogens is 248 g/mol. The number of carbonyl (C=O) groups excluding carboxylic acids is 1. The lowest BCUT2D eigenvalue weighted by Crippen LogP contribution is -2.34. The van der Waals surface area contributed by atoms with Crippen LogP contribution in [0.1, 0.15) is 19.8 Å². The third-order valence-corrected chi connectivity index (χ3v) is 3.80. The number of likely N-dealkylation sites (tertiary alicyclic amines) is 1. The van der Waals surface area contributed by atoms with Gasteiger partial charge in [-0.3, -0.25) is 5.32 Å². The van der Waals surface area contributed by atoms with Crippen molar-refractivity contribution in [3.05, 3.63) is 11.6 Å². The number of thiazole rings is 1. The molecule has 2 N–H and O–H groups in total. The van der Waals surface area contributed by atoms with Gasteiger partial charge in [0.1, 0.15) is 0 Å². The van der Waals surface area contributed by atoms with Crippen molar-refractivity contribution in [3.63, 3.8) is 0 Å². The zero-order valence-electron chi connectivity index (χ0n) is 10.7. The molecule has 0 spiro atoms. The zero-order valence-corrected chi connectivity index (χ0v) is 11.5. The molecule has 1 aliphatic heterocycles. The van der Waals surface area contributed by atoms with Crippen molar-refractivity contribution in [2.45, 2.75) is 19.8 Å². The fraction of sp³-hybridized carbons (Fsp3) is 0.667. The number of hydrogen-bond donors (Lipinski definition) is 2. The molecule has 0 aromatic carbocycles. The SMILES string of the molecule is CCCN1CCC(CNC(=O)Nc2nccs2)C1. The molecule has 18 heavy (non-hydrogen) atoms. The van der Waals surface area contributed by atoms with Crippen LogP contribution in [0.3, 0.4) is 0 Å². The summed E-state index contributed by atoms with van der Waals surface area (Å²) in [6.45, 7) is 6.38. The van der Waals surface area contributed by atoms with Gasteiger partial charge >= 0.3 is 6.03 Å². The van der Waals surface area contributed by atoms with Gasteiger partial charge in [0.25, 0.3) is 0 Å². The maximum atomic E-state index is 11.6.